The molecule has 1 rings (SSSR count). The summed E-state index contributed by atoms with van der Waals surface area (Å²) in [6.07, 6.45) is -2.78. The monoisotopic (exact) mass is 358 g/mol. The summed E-state index contributed by atoms with van der Waals surface area (Å²) in [5.74, 6) is -2.78. The van der Waals surface area contributed by atoms with Crippen molar-refractivity contribution in [2.24, 2.45) is 0 Å². The Kier molecular flexibility index (Phi) is 12.6. The first-order valence-corrected chi connectivity index (χ1v) is 5.20. The molecule has 1 heterocycles. The number of esters is 1. The third-order valence-corrected chi connectivity index (χ3v) is 1.48. The van der Waals surface area contributed by atoms with Crippen molar-refractivity contribution in [3.8, 4) is 0 Å². The van der Waals surface area contributed by atoms with Crippen molar-refractivity contribution in [3.05, 3.63) is 11.5 Å². The molecule has 1 aliphatic rings. The maximum atomic E-state index is 10.5. The Labute approximate surface area is 140 Å². The van der Waals surface area contributed by atoms with E-state index in [4.69, 9.17) is 37.9 Å². The Hall–Kier alpha value is 0.119. The predicted octanol–water partition coefficient (Wildman–Crippen LogP) is -5.74. The van der Waals surface area contributed by atoms with Crippen LogP contribution in [0.5, 0.6) is 0 Å². The summed E-state index contributed by atoms with van der Waals surface area (Å²) in [7, 11) is -5.17. The molecule has 0 amide bonds. The van der Waals surface area contributed by atoms with Gasteiger partial charge in [0.2, 0.25) is 5.76 Å². The summed E-state index contributed by atoms with van der Waals surface area (Å²) in [6.45, 7) is -0.671. The number of aliphatic hydroxyl groups is 4. The topological polar surface area (TPSA) is 187 Å². The second-order valence-corrected chi connectivity index (χ2v) is 3.53. The van der Waals surface area contributed by atoms with E-state index in [0.29, 0.717) is 0 Å². The van der Waals surface area contributed by atoms with Gasteiger partial charge in [-0.3, -0.25) is 8.42 Å². The van der Waals surface area contributed by atoms with Gasteiger partial charge in [0.25, 0.3) is 0 Å². The number of hydrogen-bond acceptors (Lipinski definition) is 10. The largest absolute Gasteiger partial charge is 1.00 e. The summed E-state index contributed by atoms with van der Waals surface area (Å²) >= 11 is 0. The van der Waals surface area contributed by atoms with Crippen LogP contribution in [0.25, 0.3) is 0 Å². The molecule has 0 bridgehead atoms. The molecule has 4 N–H and O–H groups in total. The molecular weight excluding hydrogens is 351 g/mol. The zero-order chi connectivity index (χ0) is 13.8. The number of ether oxygens (including phenoxy) is 1. The fourth-order valence-corrected chi connectivity index (χ4v) is 0.823. The van der Waals surface area contributed by atoms with E-state index in [1.165, 1.54) is 0 Å². The molecule has 2 atom stereocenters. The summed E-state index contributed by atoms with van der Waals surface area (Å²) < 4.78 is 38.4. The van der Waals surface area contributed by atoms with Gasteiger partial charge < -0.3 is 34.3 Å². The molecule has 0 unspecified atom stereocenters. The molecule has 0 radical (unpaired) electrons. The predicted molar refractivity (Wildman–Crippen MR) is 45.7 cm³/mol. The molecule has 0 aromatic carbocycles. The smallest absolute Gasteiger partial charge is 0.759 e. The average Bonchev–Trinajstić information content (AvgIpc) is 2.42. The fraction of sp³-hybridized carbons (Fsp3) is 0.500. The van der Waals surface area contributed by atoms with Gasteiger partial charge in [0.15, 0.2) is 11.9 Å². The molecule has 0 aromatic rings. The van der Waals surface area contributed by atoms with Crippen molar-refractivity contribution in [2.75, 3.05) is 6.61 Å². The second kappa shape index (κ2) is 9.94. The van der Waals surface area contributed by atoms with Crippen LogP contribution in [0, 0.1) is 0 Å². The minimum absolute atomic E-state index is 0. The average molecular weight is 359 g/mol. The number of carbonyl (C=O) groups excluding carboxylic acids is 1. The molecule has 13 heteroatoms. The zero-order valence-electron chi connectivity index (χ0n) is 9.31. The van der Waals surface area contributed by atoms with Gasteiger partial charge in [-0.05, 0) is 0 Å². The van der Waals surface area contributed by atoms with Gasteiger partial charge >= 0.3 is 52.6 Å². The number of cyclic esters (lactones) is 1. The van der Waals surface area contributed by atoms with Crippen LogP contribution in [0.2, 0.25) is 0 Å². The van der Waals surface area contributed by atoms with Crippen LogP contribution in [0.4, 0.5) is 0 Å². The van der Waals surface area contributed by atoms with E-state index in [0.717, 1.165) is 0 Å². The molecule has 0 fully saturated rings. The van der Waals surface area contributed by atoms with Gasteiger partial charge in [-0.15, -0.1) is 0 Å². The standard InChI is InChI=1S/C6H8O6.Cu.Na.H2O4S/c7-1-2(8)5-3(9)4(10)6(11)12-5;;;1-5(2,3)4/h2,5,7-10H,1H2;;;(H2,1,2,3,4)/q;2*+1;/p-2/t2-,5+;;;/m0.../s1. The molecular formula is C6H8CuNaO10S. The quantitative estimate of drug-likeness (QED) is 0.160. The van der Waals surface area contributed by atoms with Crippen molar-refractivity contribution in [3.63, 3.8) is 0 Å². The van der Waals surface area contributed by atoms with Gasteiger partial charge in [-0.2, -0.15) is 0 Å². The van der Waals surface area contributed by atoms with Crippen LogP contribution in [0.15, 0.2) is 11.5 Å². The van der Waals surface area contributed by atoms with Crippen LogP contribution < -0.4 is 29.6 Å². The van der Waals surface area contributed by atoms with E-state index in [1.54, 1.807) is 0 Å². The van der Waals surface area contributed by atoms with Gasteiger partial charge in [0, 0.05) is 10.4 Å². The first-order chi connectivity index (χ1) is 7.57. The van der Waals surface area contributed by atoms with E-state index in [1.807, 2.05) is 0 Å². The number of carbonyl (C=O) groups is 1. The summed E-state index contributed by atoms with van der Waals surface area (Å²) in [4.78, 5) is 10.5. The van der Waals surface area contributed by atoms with Crippen LogP contribution in [0.3, 0.4) is 0 Å². The number of rotatable bonds is 2. The molecule has 0 spiro atoms. The minimum Gasteiger partial charge on any atom is -0.759 e. The summed E-state index contributed by atoms with van der Waals surface area (Å²) in [6, 6.07) is 0. The van der Waals surface area contributed by atoms with E-state index in [2.05, 4.69) is 4.74 Å². The third kappa shape index (κ3) is 9.62. The van der Waals surface area contributed by atoms with E-state index < -0.39 is 46.7 Å². The van der Waals surface area contributed by atoms with Crippen molar-refractivity contribution in [1.29, 1.82) is 0 Å². The van der Waals surface area contributed by atoms with Crippen molar-refractivity contribution in [2.45, 2.75) is 12.2 Å². The normalized spacial score (nSPS) is 19.4. The maximum Gasteiger partial charge on any atom is 1.00 e. The maximum absolute atomic E-state index is 10.5. The van der Waals surface area contributed by atoms with Crippen LogP contribution in [0.1, 0.15) is 0 Å². The van der Waals surface area contributed by atoms with E-state index >= 15 is 0 Å². The Morgan fingerprint density at radius 1 is 1.32 bits per heavy atom. The van der Waals surface area contributed by atoms with Crippen molar-refractivity contribution < 1.29 is 94.1 Å². The minimum atomic E-state index is -5.17. The molecule has 19 heavy (non-hydrogen) atoms. The van der Waals surface area contributed by atoms with E-state index in [9.17, 15) is 4.79 Å². The molecule has 10 nitrogen and oxygen atoms in total. The first-order valence-electron chi connectivity index (χ1n) is 3.86. The van der Waals surface area contributed by atoms with Crippen LogP contribution in [-0.2, 0) is 37.0 Å². The number of aliphatic hydroxyl groups excluding tert-OH is 4. The first kappa shape index (κ1) is 24.2. The third-order valence-electron chi connectivity index (χ3n) is 1.48. The molecule has 0 aromatic heterocycles. The van der Waals surface area contributed by atoms with Crippen LogP contribution in [-0.4, -0.2) is 62.7 Å². The molecule has 0 saturated carbocycles. The Morgan fingerprint density at radius 3 is 1.89 bits per heavy atom. The Balaban J connectivity index is -0.000000320. The van der Waals surface area contributed by atoms with Gasteiger partial charge in [0.05, 0.1) is 6.61 Å². The van der Waals surface area contributed by atoms with Crippen molar-refractivity contribution in [1.82, 2.24) is 0 Å². The summed E-state index contributed by atoms with van der Waals surface area (Å²) in [5.41, 5.74) is 0. The van der Waals surface area contributed by atoms with Crippen LogP contribution >= 0.6 is 0 Å². The molecule has 1 aliphatic heterocycles. The zero-order valence-corrected chi connectivity index (χ0v) is 13.1. The molecule has 0 saturated heterocycles. The second-order valence-electron chi connectivity index (χ2n) is 2.72. The molecule has 0 aliphatic carbocycles. The number of hydrogen-bond donors (Lipinski definition) is 4. The van der Waals surface area contributed by atoms with Crippen molar-refractivity contribution >= 4 is 16.4 Å². The van der Waals surface area contributed by atoms with E-state index in [-0.39, 0.29) is 46.6 Å². The van der Waals surface area contributed by atoms with Gasteiger partial charge in [0.1, 0.15) is 6.10 Å². The van der Waals surface area contributed by atoms with Gasteiger partial charge in [-0.1, -0.05) is 0 Å². The Morgan fingerprint density at radius 2 is 1.68 bits per heavy atom. The summed E-state index contributed by atoms with van der Waals surface area (Å²) in [5, 5.41) is 35.0. The Bertz CT molecular complexity index is 412. The molecule has 110 valence electrons. The van der Waals surface area contributed by atoms with Gasteiger partial charge in [-0.25, -0.2) is 4.79 Å². The fourth-order valence-electron chi connectivity index (χ4n) is 0.823. The SMILES string of the molecule is O=C1O[C@H]([C@@H](O)CO)C(O)=C1O.O=S(=O)([O-])[O-].[Cu+].[Na+].